The van der Waals surface area contributed by atoms with Gasteiger partial charge in [0.1, 0.15) is 6.04 Å². The van der Waals surface area contributed by atoms with Gasteiger partial charge in [-0.25, -0.2) is 4.79 Å². The summed E-state index contributed by atoms with van der Waals surface area (Å²) in [5.41, 5.74) is 1.86. The predicted molar refractivity (Wildman–Crippen MR) is 94.8 cm³/mol. The minimum atomic E-state index is -1.01. The van der Waals surface area contributed by atoms with Crippen LogP contribution in [0, 0.1) is 11.8 Å². The second-order valence-corrected chi connectivity index (χ2v) is 6.96. The van der Waals surface area contributed by atoms with Crippen molar-refractivity contribution >= 4 is 22.8 Å². The van der Waals surface area contributed by atoms with Gasteiger partial charge in [0.25, 0.3) is 0 Å². The number of H-pyrrole nitrogens is 1. The molecule has 0 aliphatic rings. The molecule has 1 aromatic heterocycles. The van der Waals surface area contributed by atoms with E-state index in [9.17, 15) is 14.7 Å². The molecule has 0 saturated heterocycles. The van der Waals surface area contributed by atoms with Crippen LogP contribution in [-0.2, 0) is 16.0 Å². The van der Waals surface area contributed by atoms with E-state index in [1.165, 1.54) is 0 Å². The van der Waals surface area contributed by atoms with Gasteiger partial charge in [0.2, 0.25) is 5.91 Å². The Morgan fingerprint density at radius 1 is 1.21 bits per heavy atom. The Kier molecular flexibility index (Phi) is 6.01. The maximum absolute atomic E-state index is 12.2. The minimum Gasteiger partial charge on any atom is -0.480 e. The van der Waals surface area contributed by atoms with E-state index in [1.54, 1.807) is 0 Å². The van der Waals surface area contributed by atoms with Crippen molar-refractivity contribution in [2.75, 3.05) is 0 Å². The molecule has 5 nitrogen and oxygen atoms in total. The number of para-hydroxylation sites is 1. The smallest absolute Gasteiger partial charge is 0.326 e. The monoisotopic (exact) mass is 330 g/mol. The molecule has 0 spiro atoms. The first-order chi connectivity index (χ1) is 11.4. The summed E-state index contributed by atoms with van der Waals surface area (Å²) in [6, 6.07) is 6.83. The fourth-order valence-electron chi connectivity index (χ4n) is 3.18. The highest BCUT2D eigenvalue weighted by atomic mass is 16.4. The van der Waals surface area contributed by atoms with Crippen LogP contribution in [0.1, 0.15) is 39.2 Å². The van der Waals surface area contributed by atoms with Gasteiger partial charge in [-0.3, -0.25) is 4.79 Å². The van der Waals surface area contributed by atoms with Crippen molar-refractivity contribution in [3.05, 3.63) is 36.0 Å². The maximum atomic E-state index is 12.2. The quantitative estimate of drug-likeness (QED) is 0.694. The van der Waals surface area contributed by atoms with E-state index < -0.39 is 12.0 Å². The molecule has 0 aliphatic heterocycles. The lowest BCUT2D eigenvalue weighted by Gasteiger charge is -2.17. The van der Waals surface area contributed by atoms with Crippen LogP contribution in [0.3, 0.4) is 0 Å². The predicted octanol–water partition coefficient (Wildman–Crippen LogP) is 3.35. The highest BCUT2D eigenvalue weighted by molar-refractivity contribution is 5.86. The number of carbonyl (C=O) groups is 2. The lowest BCUT2D eigenvalue weighted by molar-refractivity contribution is -0.141. The molecule has 2 aromatic rings. The zero-order valence-corrected chi connectivity index (χ0v) is 14.5. The van der Waals surface area contributed by atoms with Crippen molar-refractivity contribution in [3.8, 4) is 0 Å². The van der Waals surface area contributed by atoms with Gasteiger partial charge in [-0.05, 0) is 29.9 Å². The maximum Gasteiger partial charge on any atom is 0.326 e. The van der Waals surface area contributed by atoms with Gasteiger partial charge in [0.05, 0.1) is 0 Å². The third-order valence-corrected chi connectivity index (χ3v) is 4.14. The van der Waals surface area contributed by atoms with Crippen LogP contribution in [-0.4, -0.2) is 28.0 Å². The summed E-state index contributed by atoms with van der Waals surface area (Å²) in [6.07, 6.45) is 3.39. The zero-order chi connectivity index (χ0) is 17.7. The lowest BCUT2D eigenvalue weighted by Crippen LogP contribution is -2.42. The first-order valence-corrected chi connectivity index (χ1v) is 8.44. The molecular weight excluding hydrogens is 304 g/mol. The number of aromatic nitrogens is 1. The summed E-state index contributed by atoms with van der Waals surface area (Å²) in [6.45, 7) is 6.26. The van der Waals surface area contributed by atoms with E-state index in [0.717, 1.165) is 22.9 Å². The standard InChI is InChI=1S/C19H26N2O3/c1-12(2)8-13(3)9-18(22)21-17(19(23)24)10-14-11-20-16-7-5-4-6-15(14)16/h4-7,11-13,17,20H,8-10H2,1-3H3,(H,21,22)(H,23,24). The summed E-state index contributed by atoms with van der Waals surface area (Å²) in [4.78, 5) is 26.8. The number of aliphatic carboxylic acids is 1. The summed E-state index contributed by atoms with van der Waals surface area (Å²) in [5, 5.41) is 13.1. The Balaban J connectivity index is 2.02. The summed E-state index contributed by atoms with van der Waals surface area (Å²) in [5.74, 6) is -0.442. The van der Waals surface area contributed by atoms with Gasteiger partial charge in [0, 0.05) is 29.9 Å². The van der Waals surface area contributed by atoms with Crippen LogP contribution in [0.15, 0.2) is 30.5 Å². The molecule has 130 valence electrons. The molecule has 0 bridgehead atoms. The van der Waals surface area contributed by atoms with Crippen LogP contribution in [0.25, 0.3) is 10.9 Å². The Labute approximate surface area is 142 Å². The van der Waals surface area contributed by atoms with Crippen molar-refractivity contribution in [1.29, 1.82) is 0 Å². The molecule has 0 radical (unpaired) electrons. The molecule has 3 N–H and O–H groups in total. The van der Waals surface area contributed by atoms with Gasteiger partial charge < -0.3 is 15.4 Å². The van der Waals surface area contributed by atoms with Gasteiger partial charge in [-0.1, -0.05) is 39.0 Å². The molecule has 1 heterocycles. The molecule has 1 amide bonds. The largest absolute Gasteiger partial charge is 0.480 e. The van der Waals surface area contributed by atoms with E-state index in [-0.39, 0.29) is 18.2 Å². The third kappa shape index (κ3) is 4.85. The number of aromatic amines is 1. The molecule has 0 saturated carbocycles. The number of hydrogen-bond donors (Lipinski definition) is 3. The Bertz CT molecular complexity index is 705. The Morgan fingerprint density at radius 3 is 2.58 bits per heavy atom. The first-order valence-electron chi connectivity index (χ1n) is 8.44. The fourth-order valence-corrected chi connectivity index (χ4v) is 3.18. The number of nitrogens with one attached hydrogen (secondary N) is 2. The molecule has 24 heavy (non-hydrogen) atoms. The molecule has 2 unspecified atom stereocenters. The molecule has 5 heteroatoms. The topological polar surface area (TPSA) is 82.2 Å². The summed E-state index contributed by atoms with van der Waals surface area (Å²) < 4.78 is 0. The number of benzene rings is 1. The van der Waals surface area contributed by atoms with Crippen molar-refractivity contribution in [2.45, 2.75) is 46.1 Å². The van der Waals surface area contributed by atoms with Crippen molar-refractivity contribution in [3.63, 3.8) is 0 Å². The minimum absolute atomic E-state index is 0.199. The number of carboxylic acids is 1. The van der Waals surface area contributed by atoms with Crippen molar-refractivity contribution in [1.82, 2.24) is 10.3 Å². The van der Waals surface area contributed by atoms with Crippen LogP contribution >= 0.6 is 0 Å². The number of amides is 1. The molecule has 1 aromatic carbocycles. The normalized spacial score (nSPS) is 13.8. The molecule has 2 atom stereocenters. The Hall–Kier alpha value is -2.30. The summed E-state index contributed by atoms with van der Waals surface area (Å²) in [7, 11) is 0. The van der Waals surface area contributed by atoms with E-state index >= 15 is 0 Å². The van der Waals surface area contributed by atoms with E-state index in [2.05, 4.69) is 24.1 Å². The van der Waals surface area contributed by atoms with Gasteiger partial charge in [-0.15, -0.1) is 0 Å². The number of hydrogen-bond acceptors (Lipinski definition) is 2. The SMILES string of the molecule is CC(C)CC(C)CC(=O)NC(Cc1c[nH]c2ccccc12)C(=O)O. The van der Waals surface area contributed by atoms with Crippen LogP contribution < -0.4 is 5.32 Å². The average molecular weight is 330 g/mol. The molecule has 2 rings (SSSR count). The number of rotatable bonds is 8. The van der Waals surface area contributed by atoms with E-state index in [0.29, 0.717) is 12.3 Å². The lowest BCUT2D eigenvalue weighted by atomic mass is 9.95. The van der Waals surface area contributed by atoms with Crippen LogP contribution in [0.5, 0.6) is 0 Å². The van der Waals surface area contributed by atoms with E-state index in [1.807, 2.05) is 37.4 Å². The first kappa shape index (κ1) is 18.0. The molecule has 0 fully saturated rings. The van der Waals surface area contributed by atoms with Gasteiger partial charge in [-0.2, -0.15) is 0 Å². The zero-order valence-electron chi connectivity index (χ0n) is 14.5. The van der Waals surface area contributed by atoms with Gasteiger partial charge >= 0.3 is 5.97 Å². The number of carboxylic acid groups (broad SMARTS) is 1. The second kappa shape index (κ2) is 7.99. The van der Waals surface area contributed by atoms with Gasteiger partial charge in [0.15, 0.2) is 0 Å². The molecular formula is C19H26N2O3. The highest BCUT2D eigenvalue weighted by Gasteiger charge is 2.22. The number of fused-ring (bicyclic) bond motifs is 1. The van der Waals surface area contributed by atoms with Crippen molar-refractivity contribution < 1.29 is 14.7 Å². The van der Waals surface area contributed by atoms with Crippen LogP contribution in [0.4, 0.5) is 0 Å². The second-order valence-electron chi connectivity index (χ2n) is 6.96. The Morgan fingerprint density at radius 2 is 1.92 bits per heavy atom. The highest BCUT2D eigenvalue weighted by Crippen LogP contribution is 2.19. The average Bonchev–Trinajstić information content (AvgIpc) is 2.88. The van der Waals surface area contributed by atoms with E-state index in [4.69, 9.17) is 0 Å². The van der Waals surface area contributed by atoms with Crippen LogP contribution in [0.2, 0.25) is 0 Å². The van der Waals surface area contributed by atoms with Crippen molar-refractivity contribution in [2.24, 2.45) is 11.8 Å². The summed E-state index contributed by atoms with van der Waals surface area (Å²) >= 11 is 0. The fraction of sp³-hybridized carbons (Fsp3) is 0.474. The molecule has 0 aliphatic carbocycles. The number of carbonyl (C=O) groups excluding carboxylic acids is 1. The third-order valence-electron chi connectivity index (χ3n) is 4.14.